The average molecular weight is 386 g/mol. The first-order valence-electron chi connectivity index (χ1n) is 7.06. The summed E-state index contributed by atoms with van der Waals surface area (Å²) in [6.07, 6.45) is 0.108. The van der Waals surface area contributed by atoms with Crippen molar-refractivity contribution in [3.63, 3.8) is 0 Å². The fourth-order valence-corrected chi connectivity index (χ4v) is 2.04. The largest absolute Gasteiger partial charge is 0.481 e. The molecule has 0 heterocycles. The Kier molecular flexibility index (Phi) is 7.53. The van der Waals surface area contributed by atoms with Gasteiger partial charge in [-0.05, 0) is 24.3 Å². The Balaban J connectivity index is 2.29. The molecule has 1 atom stereocenters. The Bertz CT molecular complexity index is 562. The van der Waals surface area contributed by atoms with Gasteiger partial charge in [0.1, 0.15) is 0 Å². The zero-order valence-electron chi connectivity index (χ0n) is 13.0. The highest BCUT2D eigenvalue weighted by molar-refractivity contribution is 9.10. The molecule has 0 aliphatic heterocycles. The minimum atomic E-state index is -0.948. The van der Waals surface area contributed by atoms with E-state index < -0.39 is 17.9 Å². The number of urea groups is 1. The molecule has 1 aromatic rings. The standard InChI is InChI=1S/C15H20BrN3O4/c1-10(14(21)22)9-19(2)13(20)7-8-17-15(23)18-12-5-3-11(16)4-6-12/h3-6,10H,7-9H2,1-2H3,(H,21,22)(H2,17,18,23). The van der Waals surface area contributed by atoms with Gasteiger partial charge in [0.2, 0.25) is 5.91 Å². The number of carboxylic acids is 1. The molecule has 126 valence electrons. The Morgan fingerprint density at radius 1 is 1.26 bits per heavy atom. The van der Waals surface area contributed by atoms with E-state index in [0.29, 0.717) is 5.69 Å². The number of amides is 3. The van der Waals surface area contributed by atoms with Crippen LogP contribution in [0.4, 0.5) is 10.5 Å². The third kappa shape index (κ3) is 7.14. The van der Waals surface area contributed by atoms with E-state index in [0.717, 1.165) is 4.47 Å². The molecule has 23 heavy (non-hydrogen) atoms. The van der Waals surface area contributed by atoms with Crippen LogP contribution in [-0.2, 0) is 9.59 Å². The molecule has 1 aromatic carbocycles. The molecular formula is C15H20BrN3O4. The lowest BCUT2D eigenvalue weighted by Gasteiger charge is -2.19. The summed E-state index contributed by atoms with van der Waals surface area (Å²) in [6.45, 7) is 1.85. The molecule has 0 radical (unpaired) electrons. The lowest BCUT2D eigenvalue weighted by atomic mass is 10.1. The number of anilines is 1. The number of carbonyl (C=O) groups is 3. The van der Waals surface area contributed by atoms with Crippen LogP contribution < -0.4 is 10.6 Å². The number of hydrogen-bond donors (Lipinski definition) is 3. The van der Waals surface area contributed by atoms with Gasteiger partial charge < -0.3 is 20.6 Å². The summed E-state index contributed by atoms with van der Waals surface area (Å²) in [6, 6.07) is 6.70. The van der Waals surface area contributed by atoms with Gasteiger partial charge in [0, 0.05) is 36.7 Å². The molecule has 0 spiro atoms. The van der Waals surface area contributed by atoms with Gasteiger partial charge in [0.25, 0.3) is 0 Å². The van der Waals surface area contributed by atoms with Crippen molar-refractivity contribution in [3.05, 3.63) is 28.7 Å². The lowest BCUT2D eigenvalue weighted by Crippen LogP contribution is -2.37. The molecule has 0 saturated heterocycles. The van der Waals surface area contributed by atoms with Crippen molar-refractivity contribution in [2.75, 3.05) is 25.5 Å². The number of nitrogens with zero attached hydrogens (tertiary/aromatic N) is 1. The van der Waals surface area contributed by atoms with Crippen LogP contribution in [0.3, 0.4) is 0 Å². The van der Waals surface area contributed by atoms with Crippen molar-refractivity contribution in [1.82, 2.24) is 10.2 Å². The van der Waals surface area contributed by atoms with Gasteiger partial charge in [-0.15, -0.1) is 0 Å². The van der Waals surface area contributed by atoms with Crippen molar-refractivity contribution in [3.8, 4) is 0 Å². The summed E-state index contributed by atoms with van der Waals surface area (Å²) in [5, 5.41) is 14.0. The second kappa shape index (κ2) is 9.14. The SMILES string of the molecule is CC(CN(C)C(=O)CCNC(=O)Nc1ccc(Br)cc1)C(=O)O. The Labute approximate surface area is 143 Å². The van der Waals surface area contributed by atoms with E-state index in [4.69, 9.17) is 5.11 Å². The number of carboxylic acid groups (broad SMARTS) is 1. The Morgan fingerprint density at radius 3 is 2.43 bits per heavy atom. The van der Waals surface area contributed by atoms with Crippen LogP contribution in [0.1, 0.15) is 13.3 Å². The summed E-state index contributed by atoms with van der Waals surface area (Å²) in [7, 11) is 1.55. The second-order valence-corrected chi connectivity index (χ2v) is 6.07. The molecule has 0 aliphatic carbocycles. The maximum Gasteiger partial charge on any atom is 0.319 e. The number of halogens is 1. The molecule has 3 amide bonds. The summed E-state index contributed by atoms with van der Waals surface area (Å²) in [5.41, 5.74) is 0.643. The quantitative estimate of drug-likeness (QED) is 0.669. The van der Waals surface area contributed by atoms with Crippen LogP contribution in [0, 0.1) is 5.92 Å². The van der Waals surface area contributed by atoms with Gasteiger partial charge in [-0.2, -0.15) is 0 Å². The number of benzene rings is 1. The zero-order chi connectivity index (χ0) is 17.4. The van der Waals surface area contributed by atoms with E-state index in [2.05, 4.69) is 26.6 Å². The second-order valence-electron chi connectivity index (χ2n) is 5.15. The van der Waals surface area contributed by atoms with Gasteiger partial charge in [0.15, 0.2) is 0 Å². The molecule has 3 N–H and O–H groups in total. The van der Waals surface area contributed by atoms with E-state index in [1.54, 1.807) is 31.3 Å². The monoisotopic (exact) mass is 385 g/mol. The van der Waals surface area contributed by atoms with Gasteiger partial charge in [-0.3, -0.25) is 9.59 Å². The van der Waals surface area contributed by atoms with Crippen LogP contribution in [0.15, 0.2) is 28.7 Å². The molecule has 8 heteroatoms. The van der Waals surface area contributed by atoms with Crippen LogP contribution in [0.2, 0.25) is 0 Å². The van der Waals surface area contributed by atoms with Crippen molar-refractivity contribution in [2.45, 2.75) is 13.3 Å². The van der Waals surface area contributed by atoms with E-state index in [9.17, 15) is 14.4 Å². The topological polar surface area (TPSA) is 98.7 Å². The summed E-state index contributed by atoms with van der Waals surface area (Å²) in [4.78, 5) is 35.6. The number of rotatable bonds is 7. The maximum absolute atomic E-state index is 11.8. The third-order valence-corrected chi connectivity index (χ3v) is 3.65. The molecule has 0 bridgehead atoms. The normalized spacial score (nSPS) is 11.4. The summed E-state index contributed by atoms with van der Waals surface area (Å²) < 4.78 is 0.910. The predicted octanol–water partition coefficient (Wildman–Crippen LogP) is 2.14. The zero-order valence-corrected chi connectivity index (χ0v) is 14.6. The van der Waals surface area contributed by atoms with Crippen molar-refractivity contribution in [2.24, 2.45) is 5.92 Å². The summed E-state index contributed by atoms with van der Waals surface area (Å²) in [5.74, 6) is -1.80. The maximum atomic E-state index is 11.8. The Hall–Kier alpha value is -2.09. The van der Waals surface area contributed by atoms with Crippen LogP contribution in [0.5, 0.6) is 0 Å². The van der Waals surface area contributed by atoms with Crippen molar-refractivity contribution >= 4 is 39.5 Å². The molecule has 0 saturated carbocycles. The third-order valence-electron chi connectivity index (χ3n) is 3.12. The minimum absolute atomic E-state index is 0.108. The fourth-order valence-electron chi connectivity index (χ4n) is 1.77. The number of nitrogens with one attached hydrogen (secondary N) is 2. The van der Waals surface area contributed by atoms with E-state index in [1.807, 2.05) is 0 Å². The predicted molar refractivity (Wildman–Crippen MR) is 90.2 cm³/mol. The first kappa shape index (κ1) is 19.0. The Morgan fingerprint density at radius 2 is 1.87 bits per heavy atom. The van der Waals surface area contributed by atoms with Crippen molar-refractivity contribution in [1.29, 1.82) is 0 Å². The number of carbonyl (C=O) groups excluding carboxylic acids is 2. The first-order valence-corrected chi connectivity index (χ1v) is 7.86. The smallest absolute Gasteiger partial charge is 0.319 e. The molecule has 0 aliphatic rings. The highest BCUT2D eigenvalue weighted by Crippen LogP contribution is 2.13. The number of hydrogen-bond acceptors (Lipinski definition) is 3. The molecule has 1 rings (SSSR count). The van der Waals surface area contributed by atoms with Gasteiger partial charge in [0.05, 0.1) is 5.92 Å². The molecular weight excluding hydrogens is 366 g/mol. The van der Waals surface area contributed by atoms with E-state index in [1.165, 1.54) is 11.8 Å². The van der Waals surface area contributed by atoms with Crippen molar-refractivity contribution < 1.29 is 19.5 Å². The molecule has 7 nitrogen and oxygen atoms in total. The van der Waals surface area contributed by atoms with E-state index >= 15 is 0 Å². The van der Waals surface area contributed by atoms with Crippen LogP contribution in [-0.4, -0.2) is 48.1 Å². The first-order chi connectivity index (χ1) is 10.8. The number of aliphatic carboxylic acids is 1. The molecule has 0 aromatic heterocycles. The molecule has 0 fully saturated rings. The highest BCUT2D eigenvalue weighted by atomic mass is 79.9. The van der Waals surface area contributed by atoms with Gasteiger partial charge in [-0.1, -0.05) is 22.9 Å². The van der Waals surface area contributed by atoms with Crippen LogP contribution in [0.25, 0.3) is 0 Å². The minimum Gasteiger partial charge on any atom is -0.481 e. The summed E-state index contributed by atoms with van der Waals surface area (Å²) >= 11 is 3.30. The van der Waals surface area contributed by atoms with Gasteiger partial charge in [-0.25, -0.2) is 4.79 Å². The molecule has 1 unspecified atom stereocenters. The average Bonchev–Trinajstić information content (AvgIpc) is 2.49. The van der Waals surface area contributed by atoms with Crippen LogP contribution >= 0.6 is 15.9 Å². The van der Waals surface area contributed by atoms with E-state index in [-0.39, 0.29) is 25.4 Å². The fraction of sp³-hybridized carbons (Fsp3) is 0.400. The lowest BCUT2D eigenvalue weighted by molar-refractivity contribution is -0.142. The van der Waals surface area contributed by atoms with Gasteiger partial charge >= 0.3 is 12.0 Å². The highest BCUT2D eigenvalue weighted by Gasteiger charge is 2.17.